The van der Waals surface area contributed by atoms with Gasteiger partial charge >= 0.3 is 0 Å². The molecule has 2 aliphatic rings. The van der Waals surface area contributed by atoms with Crippen LogP contribution in [-0.4, -0.2) is 61.5 Å². The topological polar surface area (TPSA) is 32.8 Å². The molecule has 0 aliphatic carbocycles. The summed E-state index contributed by atoms with van der Waals surface area (Å²) in [7, 11) is 1.68. The maximum atomic E-state index is 13.3. The van der Waals surface area contributed by atoms with E-state index in [0.29, 0.717) is 11.8 Å². The second kappa shape index (κ2) is 9.27. The summed E-state index contributed by atoms with van der Waals surface area (Å²) in [5.41, 5.74) is 0.854. The SMILES string of the molecule is CCCN1CCC(N2CCC[C@@H](C(=O)c3ccc4cc(OC)ccc4c3)C2)CC1. The van der Waals surface area contributed by atoms with Gasteiger partial charge in [0.05, 0.1) is 7.11 Å². The lowest BCUT2D eigenvalue weighted by molar-refractivity contribution is 0.0597. The number of piperidine rings is 2. The van der Waals surface area contributed by atoms with Crippen LogP contribution in [0.3, 0.4) is 0 Å². The van der Waals surface area contributed by atoms with Crippen LogP contribution in [0.15, 0.2) is 36.4 Å². The van der Waals surface area contributed by atoms with Gasteiger partial charge in [0.2, 0.25) is 0 Å². The van der Waals surface area contributed by atoms with Gasteiger partial charge in [0.25, 0.3) is 0 Å². The van der Waals surface area contributed by atoms with Crippen molar-refractivity contribution in [1.29, 1.82) is 0 Å². The predicted octanol–water partition coefficient (Wildman–Crippen LogP) is 4.62. The molecule has 0 spiro atoms. The number of likely N-dealkylation sites (tertiary alicyclic amines) is 2. The van der Waals surface area contributed by atoms with Gasteiger partial charge in [-0.2, -0.15) is 0 Å². The Labute approximate surface area is 174 Å². The smallest absolute Gasteiger partial charge is 0.167 e. The van der Waals surface area contributed by atoms with Crippen molar-refractivity contribution in [2.75, 3.05) is 39.8 Å². The maximum Gasteiger partial charge on any atom is 0.167 e. The molecule has 0 unspecified atom stereocenters. The molecule has 2 aromatic rings. The lowest BCUT2D eigenvalue weighted by Gasteiger charge is -2.42. The molecule has 0 saturated carbocycles. The van der Waals surface area contributed by atoms with Gasteiger partial charge in [-0.3, -0.25) is 9.69 Å². The van der Waals surface area contributed by atoms with Crippen molar-refractivity contribution in [3.8, 4) is 5.75 Å². The molecular formula is C25H34N2O2. The van der Waals surface area contributed by atoms with Crippen LogP contribution in [0.5, 0.6) is 5.75 Å². The third kappa shape index (κ3) is 4.65. The van der Waals surface area contributed by atoms with Crippen LogP contribution in [0.1, 0.15) is 49.4 Å². The molecule has 1 atom stereocenters. The van der Waals surface area contributed by atoms with E-state index in [4.69, 9.17) is 4.74 Å². The van der Waals surface area contributed by atoms with E-state index >= 15 is 0 Å². The number of ketones is 1. The van der Waals surface area contributed by atoms with Crippen molar-refractivity contribution >= 4 is 16.6 Å². The fourth-order valence-electron chi connectivity index (χ4n) is 5.12. The molecule has 4 rings (SSSR count). The third-order valence-electron chi connectivity index (χ3n) is 6.77. The zero-order chi connectivity index (χ0) is 20.2. The van der Waals surface area contributed by atoms with E-state index in [2.05, 4.69) is 28.9 Å². The number of methoxy groups -OCH3 is 1. The van der Waals surface area contributed by atoms with Crippen molar-refractivity contribution in [3.05, 3.63) is 42.0 Å². The van der Waals surface area contributed by atoms with Gasteiger partial charge < -0.3 is 9.64 Å². The Morgan fingerprint density at radius 2 is 1.79 bits per heavy atom. The second-order valence-corrected chi connectivity index (χ2v) is 8.70. The first-order chi connectivity index (χ1) is 14.2. The summed E-state index contributed by atoms with van der Waals surface area (Å²) in [4.78, 5) is 18.5. The first-order valence-corrected chi connectivity index (χ1v) is 11.3. The number of hydrogen-bond acceptors (Lipinski definition) is 4. The Morgan fingerprint density at radius 1 is 1.03 bits per heavy atom. The van der Waals surface area contributed by atoms with Crippen LogP contribution in [0.2, 0.25) is 0 Å². The highest BCUT2D eigenvalue weighted by atomic mass is 16.5. The fraction of sp³-hybridized carbons (Fsp3) is 0.560. The minimum Gasteiger partial charge on any atom is -0.497 e. The van der Waals surface area contributed by atoms with Crippen LogP contribution >= 0.6 is 0 Å². The zero-order valence-electron chi connectivity index (χ0n) is 17.9. The van der Waals surface area contributed by atoms with E-state index in [1.807, 2.05) is 24.3 Å². The number of ether oxygens (including phenoxy) is 1. The summed E-state index contributed by atoms with van der Waals surface area (Å²) < 4.78 is 5.31. The van der Waals surface area contributed by atoms with E-state index < -0.39 is 0 Å². The number of fused-ring (bicyclic) bond motifs is 1. The fourth-order valence-corrected chi connectivity index (χ4v) is 5.12. The lowest BCUT2D eigenvalue weighted by Crippen LogP contribution is -2.49. The van der Waals surface area contributed by atoms with E-state index in [0.717, 1.165) is 48.0 Å². The van der Waals surface area contributed by atoms with Gasteiger partial charge in [-0.25, -0.2) is 0 Å². The molecule has 2 heterocycles. The van der Waals surface area contributed by atoms with Crippen molar-refractivity contribution in [3.63, 3.8) is 0 Å². The van der Waals surface area contributed by atoms with Gasteiger partial charge in [0.1, 0.15) is 5.75 Å². The molecule has 2 saturated heterocycles. The molecule has 2 fully saturated rings. The summed E-state index contributed by atoms with van der Waals surface area (Å²) >= 11 is 0. The molecule has 0 radical (unpaired) electrons. The van der Waals surface area contributed by atoms with Gasteiger partial charge in [-0.1, -0.05) is 25.1 Å². The van der Waals surface area contributed by atoms with Crippen LogP contribution in [0.25, 0.3) is 10.8 Å². The summed E-state index contributed by atoms with van der Waals surface area (Å²) in [6.45, 7) is 7.99. The summed E-state index contributed by atoms with van der Waals surface area (Å²) in [6.07, 6.45) is 5.89. The monoisotopic (exact) mass is 394 g/mol. The Hall–Kier alpha value is -1.91. The molecule has 0 N–H and O–H groups in total. The zero-order valence-corrected chi connectivity index (χ0v) is 17.9. The number of hydrogen-bond donors (Lipinski definition) is 0. The van der Waals surface area contributed by atoms with Gasteiger partial charge in [-0.05, 0) is 87.3 Å². The Balaban J connectivity index is 1.41. The summed E-state index contributed by atoms with van der Waals surface area (Å²) in [5, 5.41) is 2.22. The molecule has 4 nitrogen and oxygen atoms in total. The predicted molar refractivity (Wildman–Crippen MR) is 119 cm³/mol. The molecule has 0 amide bonds. The number of rotatable bonds is 6. The van der Waals surface area contributed by atoms with Crippen molar-refractivity contribution < 1.29 is 9.53 Å². The number of Topliss-reactive ketones (excluding diaryl/α,β-unsaturated/α-hetero) is 1. The average Bonchev–Trinajstić information content (AvgIpc) is 2.78. The highest BCUT2D eigenvalue weighted by molar-refractivity contribution is 6.01. The molecular weight excluding hydrogens is 360 g/mol. The van der Waals surface area contributed by atoms with Crippen molar-refractivity contribution in [2.45, 2.75) is 45.1 Å². The Kier molecular flexibility index (Phi) is 6.51. The maximum absolute atomic E-state index is 13.3. The van der Waals surface area contributed by atoms with E-state index in [-0.39, 0.29) is 5.92 Å². The summed E-state index contributed by atoms with van der Waals surface area (Å²) in [5.74, 6) is 1.30. The van der Waals surface area contributed by atoms with Gasteiger partial charge in [0, 0.05) is 24.1 Å². The Bertz CT molecular complexity index is 842. The van der Waals surface area contributed by atoms with E-state index in [1.165, 1.54) is 38.9 Å². The third-order valence-corrected chi connectivity index (χ3v) is 6.77. The minimum atomic E-state index is 0.133. The first-order valence-electron chi connectivity index (χ1n) is 11.3. The molecule has 0 bridgehead atoms. The van der Waals surface area contributed by atoms with Crippen LogP contribution in [0.4, 0.5) is 0 Å². The quantitative estimate of drug-likeness (QED) is 0.670. The van der Waals surface area contributed by atoms with Crippen molar-refractivity contribution in [2.24, 2.45) is 5.92 Å². The van der Waals surface area contributed by atoms with E-state index in [1.54, 1.807) is 7.11 Å². The van der Waals surface area contributed by atoms with Crippen LogP contribution in [-0.2, 0) is 0 Å². The Morgan fingerprint density at radius 3 is 2.55 bits per heavy atom. The van der Waals surface area contributed by atoms with Crippen LogP contribution < -0.4 is 4.74 Å². The minimum absolute atomic E-state index is 0.133. The highest BCUT2D eigenvalue weighted by Crippen LogP contribution is 2.28. The highest BCUT2D eigenvalue weighted by Gasteiger charge is 2.31. The number of carbonyl (C=O) groups excluding carboxylic acids is 1. The number of benzene rings is 2. The lowest BCUT2D eigenvalue weighted by atomic mass is 9.87. The molecule has 2 aromatic carbocycles. The molecule has 2 aliphatic heterocycles. The molecule has 0 aromatic heterocycles. The number of nitrogens with zero attached hydrogens (tertiary/aromatic N) is 2. The second-order valence-electron chi connectivity index (χ2n) is 8.70. The van der Waals surface area contributed by atoms with Crippen molar-refractivity contribution in [1.82, 2.24) is 9.80 Å². The molecule has 29 heavy (non-hydrogen) atoms. The van der Waals surface area contributed by atoms with Gasteiger partial charge in [-0.15, -0.1) is 0 Å². The number of carbonyl (C=O) groups is 1. The standard InChI is InChI=1S/C25H34N2O2/c1-3-12-26-14-10-23(11-15-26)27-13-4-5-22(18-27)25(28)21-7-6-20-17-24(29-2)9-8-19(20)16-21/h6-9,16-17,22-23H,3-5,10-15,18H2,1-2H3/t22-/m1/s1. The first kappa shape index (κ1) is 20.4. The van der Waals surface area contributed by atoms with Crippen LogP contribution in [0, 0.1) is 5.92 Å². The normalized spacial score (nSPS) is 22.1. The summed E-state index contributed by atoms with van der Waals surface area (Å²) in [6, 6.07) is 12.8. The molecule has 4 heteroatoms. The van der Waals surface area contributed by atoms with E-state index in [9.17, 15) is 4.79 Å². The largest absolute Gasteiger partial charge is 0.497 e. The average molecular weight is 395 g/mol. The molecule has 156 valence electrons. The van der Waals surface area contributed by atoms with Gasteiger partial charge in [0.15, 0.2) is 5.78 Å².